The summed E-state index contributed by atoms with van der Waals surface area (Å²) in [5.41, 5.74) is 1.42. The highest BCUT2D eigenvalue weighted by molar-refractivity contribution is 5.33. The minimum atomic E-state index is 0.696. The van der Waals surface area contributed by atoms with E-state index < -0.39 is 0 Å². The van der Waals surface area contributed by atoms with Crippen LogP contribution < -0.4 is 4.74 Å². The molecule has 1 aromatic carbocycles. The number of hydrogen-bond acceptors (Lipinski definition) is 2. The van der Waals surface area contributed by atoms with Gasteiger partial charge in [0.1, 0.15) is 5.75 Å². The first kappa shape index (κ1) is 15.9. The average molecular weight is 301 g/mol. The fraction of sp³-hybridized carbons (Fsp3) is 0.700. The van der Waals surface area contributed by atoms with Gasteiger partial charge in [0.05, 0.1) is 6.61 Å². The lowest BCUT2D eigenvalue weighted by Gasteiger charge is -2.29. The molecule has 0 amide bonds. The lowest BCUT2D eigenvalue weighted by Crippen LogP contribution is -2.34. The SMILES string of the molecule is CN1CCCC(COc2ccccc2CCC2CCCC2)C1. The Labute approximate surface area is 135 Å². The number of benzene rings is 1. The molecule has 0 spiro atoms. The highest BCUT2D eigenvalue weighted by Gasteiger charge is 2.19. The summed E-state index contributed by atoms with van der Waals surface area (Å²) < 4.78 is 6.21. The van der Waals surface area contributed by atoms with Gasteiger partial charge in [0.15, 0.2) is 0 Å². The zero-order valence-electron chi connectivity index (χ0n) is 14.1. The Morgan fingerprint density at radius 1 is 1.05 bits per heavy atom. The lowest BCUT2D eigenvalue weighted by molar-refractivity contribution is 0.149. The summed E-state index contributed by atoms with van der Waals surface area (Å²) in [5.74, 6) is 2.79. The van der Waals surface area contributed by atoms with E-state index in [4.69, 9.17) is 4.74 Å². The molecule has 0 bridgehead atoms. The van der Waals surface area contributed by atoms with E-state index in [-0.39, 0.29) is 0 Å². The fourth-order valence-electron chi connectivity index (χ4n) is 4.13. The molecule has 1 aliphatic heterocycles. The van der Waals surface area contributed by atoms with Gasteiger partial charge in [-0.1, -0.05) is 43.9 Å². The van der Waals surface area contributed by atoms with Gasteiger partial charge in [0, 0.05) is 12.5 Å². The second-order valence-corrected chi connectivity index (χ2v) is 7.38. The molecule has 1 unspecified atom stereocenters. The summed E-state index contributed by atoms with van der Waals surface area (Å²) in [5, 5.41) is 0. The van der Waals surface area contributed by atoms with Crippen molar-refractivity contribution in [3.63, 3.8) is 0 Å². The zero-order chi connectivity index (χ0) is 15.2. The van der Waals surface area contributed by atoms with Crippen molar-refractivity contribution in [1.29, 1.82) is 0 Å². The molecular weight excluding hydrogens is 270 g/mol. The molecule has 1 saturated heterocycles. The molecule has 2 aliphatic rings. The molecule has 1 aromatic rings. The summed E-state index contributed by atoms with van der Waals surface area (Å²) in [6.45, 7) is 3.31. The predicted octanol–water partition coefficient (Wildman–Crippen LogP) is 4.53. The number of nitrogens with zero attached hydrogens (tertiary/aromatic N) is 1. The molecule has 22 heavy (non-hydrogen) atoms. The van der Waals surface area contributed by atoms with Crippen molar-refractivity contribution in [1.82, 2.24) is 4.90 Å². The number of ether oxygens (including phenoxy) is 1. The van der Waals surface area contributed by atoms with Crippen molar-refractivity contribution in [2.24, 2.45) is 11.8 Å². The molecule has 2 nitrogen and oxygen atoms in total. The van der Waals surface area contributed by atoms with E-state index >= 15 is 0 Å². The molecule has 122 valence electrons. The van der Waals surface area contributed by atoms with Crippen LogP contribution in [0.25, 0.3) is 0 Å². The highest BCUT2D eigenvalue weighted by atomic mass is 16.5. The highest BCUT2D eigenvalue weighted by Crippen LogP contribution is 2.30. The van der Waals surface area contributed by atoms with Crippen molar-refractivity contribution >= 4 is 0 Å². The summed E-state index contributed by atoms with van der Waals surface area (Å²) in [6.07, 6.45) is 10.9. The molecule has 1 atom stereocenters. The molecule has 0 radical (unpaired) electrons. The van der Waals surface area contributed by atoms with Crippen LogP contribution >= 0.6 is 0 Å². The number of piperidine rings is 1. The summed E-state index contributed by atoms with van der Waals surface area (Å²) in [4.78, 5) is 2.43. The van der Waals surface area contributed by atoms with Gasteiger partial charge in [-0.05, 0) is 56.8 Å². The number of rotatable bonds is 6. The standard InChI is InChI=1S/C20H31NO/c1-21-14-6-9-18(15-21)16-22-20-11-5-4-10-19(20)13-12-17-7-2-3-8-17/h4-5,10-11,17-18H,2-3,6-9,12-16H2,1H3. The monoisotopic (exact) mass is 301 g/mol. The third-order valence-electron chi connectivity index (χ3n) is 5.47. The first-order valence-electron chi connectivity index (χ1n) is 9.20. The van der Waals surface area contributed by atoms with Crippen LogP contribution in [0.2, 0.25) is 0 Å². The minimum Gasteiger partial charge on any atom is -0.493 e. The molecule has 0 N–H and O–H groups in total. The Balaban J connectivity index is 1.51. The van der Waals surface area contributed by atoms with Gasteiger partial charge in [0.2, 0.25) is 0 Å². The maximum atomic E-state index is 6.21. The van der Waals surface area contributed by atoms with E-state index in [1.165, 1.54) is 70.0 Å². The molecule has 3 rings (SSSR count). The topological polar surface area (TPSA) is 12.5 Å². The zero-order valence-corrected chi connectivity index (χ0v) is 14.1. The van der Waals surface area contributed by atoms with Gasteiger partial charge in [0.25, 0.3) is 0 Å². The maximum absolute atomic E-state index is 6.21. The van der Waals surface area contributed by atoms with Crippen molar-refractivity contribution in [3.05, 3.63) is 29.8 Å². The smallest absolute Gasteiger partial charge is 0.122 e. The molecule has 0 aromatic heterocycles. The van der Waals surface area contributed by atoms with Crippen LogP contribution in [0.4, 0.5) is 0 Å². The van der Waals surface area contributed by atoms with Crippen LogP contribution in [0.3, 0.4) is 0 Å². The molecule has 2 fully saturated rings. The Hall–Kier alpha value is -1.02. The molecular formula is C20H31NO. The van der Waals surface area contributed by atoms with Crippen LogP contribution in [0, 0.1) is 11.8 Å². The Bertz CT molecular complexity index is 453. The van der Waals surface area contributed by atoms with Gasteiger partial charge in [-0.3, -0.25) is 0 Å². The lowest BCUT2D eigenvalue weighted by atomic mass is 9.97. The fourth-order valence-corrected chi connectivity index (χ4v) is 4.13. The van der Waals surface area contributed by atoms with Crippen LogP contribution in [-0.4, -0.2) is 31.6 Å². The van der Waals surface area contributed by atoms with E-state index in [9.17, 15) is 0 Å². The minimum absolute atomic E-state index is 0.696. The van der Waals surface area contributed by atoms with Crippen molar-refractivity contribution < 1.29 is 4.74 Å². The summed E-state index contributed by atoms with van der Waals surface area (Å²) >= 11 is 0. The molecule has 1 aliphatic carbocycles. The largest absolute Gasteiger partial charge is 0.493 e. The second-order valence-electron chi connectivity index (χ2n) is 7.38. The van der Waals surface area contributed by atoms with Crippen molar-refractivity contribution in [2.75, 3.05) is 26.7 Å². The van der Waals surface area contributed by atoms with Gasteiger partial charge >= 0.3 is 0 Å². The van der Waals surface area contributed by atoms with Crippen molar-refractivity contribution in [3.8, 4) is 5.75 Å². The number of aryl methyl sites for hydroxylation is 1. The van der Waals surface area contributed by atoms with E-state index in [0.717, 1.165) is 18.3 Å². The number of likely N-dealkylation sites (tertiary alicyclic amines) is 1. The van der Waals surface area contributed by atoms with E-state index in [1.807, 2.05) is 0 Å². The number of para-hydroxylation sites is 1. The first-order valence-corrected chi connectivity index (χ1v) is 9.20. The van der Waals surface area contributed by atoms with Gasteiger partial charge in [-0.2, -0.15) is 0 Å². The Kier molecular flexibility index (Phi) is 5.77. The van der Waals surface area contributed by atoms with Crippen LogP contribution in [-0.2, 0) is 6.42 Å². The third kappa shape index (κ3) is 4.49. The van der Waals surface area contributed by atoms with E-state index in [0.29, 0.717) is 5.92 Å². The quantitative estimate of drug-likeness (QED) is 0.765. The van der Waals surface area contributed by atoms with Crippen LogP contribution in [0.15, 0.2) is 24.3 Å². The second kappa shape index (κ2) is 8.01. The number of hydrogen-bond donors (Lipinski definition) is 0. The van der Waals surface area contributed by atoms with E-state index in [2.05, 4.69) is 36.2 Å². The summed E-state index contributed by atoms with van der Waals surface area (Å²) in [6, 6.07) is 8.69. The van der Waals surface area contributed by atoms with E-state index in [1.54, 1.807) is 0 Å². The molecule has 1 heterocycles. The summed E-state index contributed by atoms with van der Waals surface area (Å²) in [7, 11) is 2.22. The molecule has 2 heteroatoms. The van der Waals surface area contributed by atoms with Crippen molar-refractivity contribution in [2.45, 2.75) is 51.4 Å². The molecule has 1 saturated carbocycles. The van der Waals surface area contributed by atoms with Crippen LogP contribution in [0.1, 0.15) is 50.5 Å². The Morgan fingerprint density at radius 2 is 1.82 bits per heavy atom. The average Bonchev–Trinajstić information content (AvgIpc) is 3.05. The maximum Gasteiger partial charge on any atom is 0.122 e. The van der Waals surface area contributed by atoms with Crippen LogP contribution in [0.5, 0.6) is 5.75 Å². The predicted molar refractivity (Wildman–Crippen MR) is 92.4 cm³/mol. The first-order chi connectivity index (χ1) is 10.8. The Morgan fingerprint density at radius 3 is 2.64 bits per heavy atom. The normalized spacial score (nSPS) is 23.8. The third-order valence-corrected chi connectivity index (χ3v) is 5.47. The van der Waals surface area contributed by atoms with Gasteiger partial charge in [-0.25, -0.2) is 0 Å². The van der Waals surface area contributed by atoms with Gasteiger partial charge < -0.3 is 9.64 Å². The van der Waals surface area contributed by atoms with Gasteiger partial charge in [-0.15, -0.1) is 0 Å².